The Morgan fingerprint density at radius 1 is 1.29 bits per heavy atom. The molecule has 2 rings (SSSR count). The molecule has 0 amide bonds. The summed E-state index contributed by atoms with van der Waals surface area (Å²) in [6.07, 6.45) is -0.129. The lowest BCUT2D eigenvalue weighted by Crippen LogP contribution is -2.38. The Balaban J connectivity index is 1.96. The fourth-order valence-electron chi connectivity index (χ4n) is 2.04. The molecule has 1 fully saturated rings. The van der Waals surface area contributed by atoms with Crippen molar-refractivity contribution in [3.8, 4) is 6.07 Å². The minimum absolute atomic E-state index is 0.0645. The molecule has 90 valence electrons. The topological polar surface area (TPSA) is 27.0 Å². The lowest BCUT2D eigenvalue weighted by atomic mass is 10.1. The number of benzene rings is 1. The quantitative estimate of drug-likeness (QED) is 0.789. The van der Waals surface area contributed by atoms with Gasteiger partial charge in [0.2, 0.25) is 0 Å². The van der Waals surface area contributed by atoms with E-state index in [0.29, 0.717) is 25.2 Å². The van der Waals surface area contributed by atoms with E-state index in [1.165, 1.54) is 0 Å². The van der Waals surface area contributed by atoms with Crippen LogP contribution in [0.3, 0.4) is 0 Å². The SMILES string of the molecule is N#Cc1cccc(CN2CCC(F)(F)CC2)c1. The van der Waals surface area contributed by atoms with Crippen LogP contribution in [0, 0.1) is 11.3 Å². The zero-order chi connectivity index (χ0) is 12.3. The van der Waals surface area contributed by atoms with Gasteiger partial charge in [-0.15, -0.1) is 0 Å². The Morgan fingerprint density at radius 2 is 2.00 bits per heavy atom. The summed E-state index contributed by atoms with van der Waals surface area (Å²) in [5, 5.41) is 8.77. The summed E-state index contributed by atoms with van der Waals surface area (Å²) in [5.41, 5.74) is 1.62. The van der Waals surface area contributed by atoms with E-state index in [1.807, 2.05) is 23.1 Å². The van der Waals surface area contributed by atoms with E-state index in [4.69, 9.17) is 5.26 Å². The molecular formula is C13H14F2N2. The average molecular weight is 236 g/mol. The molecule has 1 aromatic rings. The van der Waals surface area contributed by atoms with Crippen LogP contribution < -0.4 is 0 Å². The summed E-state index contributed by atoms with van der Waals surface area (Å²) in [5.74, 6) is -2.50. The fraction of sp³-hybridized carbons (Fsp3) is 0.462. The molecule has 0 radical (unpaired) electrons. The van der Waals surface area contributed by atoms with Crippen molar-refractivity contribution >= 4 is 0 Å². The van der Waals surface area contributed by atoms with Gasteiger partial charge in [0.15, 0.2) is 0 Å². The number of alkyl halides is 2. The van der Waals surface area contributed by atoms with Gasteiger partial charge in [-0.25, -0.2) is 8.78 Å². The molecule has 0 unspecified atom stereocenters. The first-order chi connectivity index (χ1) is 8.09. The van der Waals surface area contributed by atoms with Gasteiger partial charge in [-0.3, -0.25) is 4.90 Å². The lowest BCUT2D eigenvalue weighted by molar-refractivity contribution is -0.0566. The van der Waals surface area contributed by atoms with Crippen molar-refractivity contribution in [2.24, 2.45) is 0 Å². The van der Waals surface area contributed by atoms with Crippen molar-refractivity contribution < 1.29 is 8.78 Å². The Labute approximate surface area is 99.5 Å². The van der Waals surface area contributed by atoms with Gasteiger partial charge in [-0.1, -0.05) is 12.1 Å². The van der Waals surface area contributed by atoms with Crippen LogP contribution in [0.15, 0.2) is 24.3 Å². The Bertz CT molecular complexity index is 427. The molecule has 0 bridgehead atoms. The second-order valence-corrected chi connectivity index (χ2v) is 4.44. The van der Waals surface area contributed by atoms with Gasteiger partial charge < -0.3 is 0 Å². The molecule has 1 saturated heterocycles. The molecule has 1 heterocycles. The maximum Gasteiger partial charge on any atom is 0.250 e. The first-order valence-corrected chi connectivity index (χ1v) is 5.68. The van der Waals surface area contributed by atoms with E-state index < -0.39 is 5.92 Å². The highest BCUT2D eigenvalue weighted by atomic mass is 19.3. The van der Waals surface area contributed by atoms with Crippen LogP contribution in [0.4, 0.5) is 8.78 Å². The molecule has 0 saturated carbocycles. The molecular weight excluding hydrogens is 222 g/mol. The third kappa shape index (κ3) is 3.24. The molecule has 1 aliphatic heterocycles. The second kappa shape index (κ2) is 4.80. The summed E-state index contributed by atoms with van der Waals surface area (Å²) >= 11 is 0. The van der Waals surface area contributed by atoms with Crippen LogP contribution in [0.25, 0.3) is 0 Å². The minimum atomic E-state index is -2.50. The van der Waals surface area contributed by atoms with Crippen LogP contribution in [0.1, 0.15) is 24.0 Å². The predicted molar refractivity (Wildman–Crippen MR) is 60.6 cm³/mol. The molecule has 0 aliphatic carbocycles. The summed E-state index contributed by atoms with van der Waals surface area (Å²) in [7, 11) is 0. The summed E-state index contributed by atoms with van der Waals surface area (Å²) in [6.45, 7) is 1.49. The molecule has 4 heteroatoms. The van der Waals surface area contributed by atoms with Gasteiger partial charge in [-0.2, -0.15) is 5.26 Å². The first-order valence-electron chi connectivity index (χ1n) is 5.68. The second-order valence-electron chi connectivity index (χ2n) is 4.44. The lowest BCUT2D eigenvalue weighted by Gasteiger charge is -2.31. The molecule has 0 aromatic heterocycles. The van der Waals surface area contributed by atoms with E-state index in [2.05, 4.69) is 6.07 Å². The molecule has 2 nitrogen and oxygen atoms in total. The Hall–Kier alpha value is -1.47. The molecule has 17 heavy (non-hydrogen) atoms. The number of rotatable bonds is 2. The van der Waals surface area contributed by atoms with Crippen molar-refractivity contribution in [3.63, 3.8) is 0 Å². The maximum atomic E-state index is 13.0. The summed E-state index contributed by atoms with van der Waals surface area (Å²) in [6, 6.07) is 9.39. The Morgan fingerprint density at radius 3 is 2.65 bits per heavy atom. The highest BCUT2D eigenvalue weighted by Gasteiger charge is 2.33. The van der Waals surface area contributed by atoms with E-state index in [1.54, 1.807) is 6.07 Å². The van der Waals surface area contributed by atoms with Crippen molar-refractivity contribution in [1.82, 2.24) is 4.90 Å². The number of likely N-dealkylation sites (tertiary alicyclic amines) is 1. The summed E-state index contributed by atoms with van der Waals surface area (Å²) < 4.78 is 25.9. The Kier molecular flexibility index (Phi) is 3.39. The first kappa shape index (κ1) is 12.0. The average Bonchev–Trinajstić information content (AvgIpc) is 2.32. The monoisotopic (exact) mass is 236 g/mol. The third-order valence-corrected chi connectivity index (χ3v) is 3.05. The van der Waals surface area contributed by atoms with Gasteiger partial charge in [-0.05, 0) is 17.7 Å². The zero-order valence-corrected chi connectivity index (χ0v) is 9.50. The van der Waals surface area contributed by atoms with Crippen LogP contribution in [0.2, 0.25) is 0 Å². The van der Waals surface area contributed by atoms with Gasteiger partial charge >= 0.3 is 0 Å². The minimum Gasteiger partial charge on any atom is -0.299 e. The number of hydrogen-bond acceptors (Lipinski definition) is 2. The molecule has 1 aliphatic rings. The van der Waals surface area contributed by atoms with Crippen LogP contribution in [-0.4, -0.2) is 23.9 Å². The van der Waals surface area contributed by atoms with E-state index in [0.717, 1.165) is 5.56 Å². The predicted octanol–water partition coefficient (Wildman–Crippen LogP) is 2.79. The van der Waals surface area contributed by atoms with Gasteiger partial charge in [0, 0.05) is 32.5 Å². The van der Waals surface area contributed by atoms with E-state index in [9.17, 15) is 8.78 Å². The van der Waals surface area contributed by atoms with Crippen molar-refractivity contribution in [2.45, 2.75) is 25.3 Å². The fourth-order valence-corrected chi connectivity index (χ4v) is 2.04. The number of nitrogens with zero attached hydrogens (tertiary/aromatic N) is 2. The molecule has 0 N–H and O–H groups in total. The van der Waals surface area contributed by atoms with Crippen LogP contribution in [0.5, 0.6) is 0 Å². The normalized spacial score (nSPS) is 19.8. The van der Waals surface area contributed by atoms with Crippen LogP contribution >= 0.6 is 0 Å². The van der Waals surface area contributed by atoms with Gasteiger partial charge in [0.1, 0.15) is 0 Å². The highest BCUT2D eigenvalue weighted by Crippen LogP contribution is 2.28. The number of piperidine rings is 1. The molecule has 1 aromatic carbocycles. The van der Waals surface area contributed by atoms with Crippen LogP contribution in [-0.2, 0) is 6.54 Å². The highest BCUT2D eigenvalue weighted by molar-refractivity contribution is 5.32. The van der Waals surface area contributed by atoms with E-state index in [-0.39, 0.29) is 12.8 Å². The standard InChI is InChI=1S/C13H14F2N2/c14-13(15)4-6-17(7-5-13)10-12-3-1-2-11(8-12)9-16/h1-3,8H,4-7,10H2. The number of hydrogen-bond donors (Lipinski definition) is 0. The molecule has 0 spiro atoms. The van der Waals surface area contributed by atoms with Gasteiger partial charge in [0.25, 0.3) is 5.92 Å². The summed E-state index contributed by atoms with van der Waals surface area (Å²) in [4.78, 5) is 2.01. The molecule has 0 atom stereocenters. The third-order valence-electron chi connectivity index (χ3n) is 3.05. The zero-order valence-electron chi connectivity index (χ0n) is 9.50. The number of halogens is 2. The van der Waals surface area contributed by atoms with Crippen molar-refractivity contribution in [2.75, 3.05) is 13.1 Å². The van der Waals surface area contributed by atoms with Gasteiger partial charge in [0.05, 0.1) is 11.6 Å². The van der Waals surface area contributed by atoms with Crippen molar-refractivity contribution in [3.05, 3.63) is 35.4 Å². The van der Waals surface area contributed by atoms with E-state index >= 15 is 0 Å². The maximum absolute atomic E-state index is 13.0. The number of nitriles is 1. The smallest absolute Gasteiger partial charge is 0.250 e. The largest absolute Gasteiger partial charge is 0.299 e. The van der Waals surface area contributed by atoms with Crippen molar-refractivity contribution in [1.29, 1.82) is 5.26 Å².